The second kappa shape index (κ2) is 19.7. The molecule has 0 aromatic rings. The number of rotatable bonds is 17. The minimum atomic E-state index is -0.0554. The van der Waals surface area contributed by atoms with E-state index in [-0.39, 0.29) is 11.9 Å². The van der Waals surface area contributed by atoms with Crippen LogP contribution in [0.25, 0.3) is 0 Å². The fourth-order valence-electron chi connectivity index (χ4n) is 2.16. The van der Waals surface area contributed by atoms with Gasteiger partial charge in [0.05, 0.1) is 13.2 Å². The first-order valence-electron chi connectivity index (χ1n) is 9.14. The van der Waals surface area contributed by atoms with Gasteiger partial charge in [-0.15, -0.1) is 0 Å². The molecule has 0 aliphatic rings. The van der Waals surface area contributed by atoms with Gasteiger partial charge in [-0.25, -0.2) is 0 Å². The Hall–Kier alpha value is 0.400. The summed E-state index contributed by atoms with van der Waals surface area (Å²) in [4.78, 5) is 22.8. The van der Waals surface area contributed by atoms with E-state index in [9.17, 15) is 9.59 Å². The van der Waals surface area contributed by atoms with Gasteiger partial charge in [0, 0.05) is 12.8 Å². The van der Waals surface area contributed by atoms with Crippen molar-refractivity contribution >= 4 is 57.1 Å². The van der Waals surface area contributed by atoms with Gasteiger partial charge in [0.2, 0.25) is 0 Å². The number of carbonyl (C=O) groups is 2. The van der Waals surface area contributed by atoms with E-state index in [1.807, 2.05) is 0 Å². The van der Waals surface area contributed by atoms with Crippen molar-refractivity contribution in [3.05, 3.63) is 0 Å². The molecule has 0 amide bonds. The van der Waals surface area contributed by atoms with Crippen LogP contribution in [0.2, 0.25) is 0 Å². The van der Waals surface area contributed by atoms with E-state index < -0.39 is 0 Å². The van der Waals surface area contributed by atoms with Crippen molar-refractivity contribution in [3.63, 3.8) is 0 Å². The standard InChI is InChI=1S/C18H32I2O4/c19-13-7-5-11-17(21)23-15-9-3-1-2-4-10-16-24-18(22)12-6-8-14-20/h1-16H2. The lowest BCUT2D eigenvalue weighted by Crippen LogP contribution is -2.06. The van der Waals surface area contributed by atoms with Crippen LogP contribution in [-0.2, 0) is 19.1 Å². The maximum Gasteiger partial charge on any atom is 0.305 e. The lowest BCUT2D eigenvalue weighted by molar-refractivity contribution is -0.144. The molecule has 6 heteroatoms. The Morgan fingerprint density at radius 2 is 0.917 bits per heavy atom. The summed E-state index contributed by atoms with van der Waals surface area (Å²) in [7, 11) is 0. The number of halogens is 2. The molecule has 0 unspecified atom stereocenters. The quantitative estimate of drug-likeness (QED) is 0.0993. The monoisotopic (exact) mass is 566 g/mol. The van der Waals surface area contributed by atoms with Gasteiger partial charge in [-0.3, -0.25) is 9.59 Å². The normalized spacial score (nSPS) is 10.6. The third kappa shape index (κ3) is 18.7. The van der Waals surface area contributed by atoms with Gasteiger partial charge in [-0.2, -0.15) is 0 Å². The van der Waals surface area contributed by atoms with E-state index in [0.29, 0.717) is 26.1 Å². The number of ether oxygens (including phenoxy) is 2. The second-order valence-electron chi connectivity index (χ2n) is 5.85. The van der Waals surface area contributed by atoms with Crippen LogP contribution in [0.3, 0.4) is 0 Å². The number of hydrogen-bond donors (Lipinski definition) is 0. The van der Waals surface area contributed by atoms with Gasteiger partial charge in [-0.1, -0.05) is 70.9 Å². The van der Waals surface area contributed by atoms with Gasteiger partial charge >= 0.3 is 11.9 Å². The van der Waals surface area contributed by atoms with Crippen LogP contribution >= 0.6 is 45.2 Å². The van der Waals surface area contributed by atoms with Gasteiger partial charge < -0.3 is 9.47 Å². The summed E-state index contributed by atoms with van der Waals surface area (Å²) in [6, 6.07) is 0. The molecule has 0 aromatic heterocycles. The molecule has 0 saturated carbocycles. The zero-order valence-electron chi connectivity index (χ0n) is 14.7. The highest BCUT2D eigenvalue weighted by Crippen LogP contribution is 2.07. The molecule has 24 heavy (non-hydrogen) atoms. The van der Waals surface area contributed by atoms with Gasteiger partial charge in [-0.05, 0) is 47.4 Å². The van der Waals surface area contributed by atoms with Crippen LogP contribution in [0.4, 0.5) is 0 Å². The van der Waals surface area contributed by atoms with Crippen LogP contribution < -0.4 is 0 Å². The van der Waals surface area contributed by atoms with Crippen LogP contribution in [0.1, 0.15) is 77.0 Å². The summed E-state index contributed by atoms with van der Waals surface area (Å²) < 4.78 is 12.6. The minimum Gasteiger partial charge on any atom is -0.466 e. The Bertz CT molecular complexity index is 281. The van der Waals surface area contributed by atoms with E-state index in [4.69, 9.17) is 9.47 Å². The second-order valence-corrected chi connectivity index (χ2v) is 8.01. The molecule has 0 rings (SSSR count). The van der Waals surface area contributed by atoms with Gasteiger partial charge in [0.1, 0.15) is 0 Å². The van der Waals surface area contributed by atoms with Crippen LogP contribution in [0.15, 0.2) is 0 Å². The molecule has 0 atom stereocenters. The van der Waals surface area contributed by atoms with Crippen molar-refractivity contribution in [3.8, 4) is 0 Å². The first-order valence-corrected chi connectivity index (χ1v) is 12.2. The molecular formula is C18H32I2O4. The molecule has 4 nitrogen and oxygen atoms in total. The van der Waals surface area contributed by atoms with E-state index in [1.54, 1.807) is 0 Å². The van der Waals surface area contributed by atoms with E-state index in [2.05, 4.69) is 45.2 Å². The van der Waals surface area contributed by atoms with Crippen LogP contribution in [-0.4, -0.2) is 34.0 Å². The Labute approximate surface area is 174 Å². The van der Waals surface area contributed by atoms with E-state index in [0.717, 1.165) is 73.1 Å². The average Bonchev–Trinajstić information content (AvgIpc) is 2.57. The predicted molar refractivity (Wildman–Crippen MR) is 115 cm³/mol. The van der Waals surface area contributed by atoms with Crippen molar-refractivity contribution in [1.29, 1.82) is 0 Å². The molecule has 0 heterocycles. The van der Waals surface area contributed by atoms with E-state index in [1.165, 1.54) is 0 Å². The lowest BCUT2D eigenvalue weighted by Gasteiger charge is -2.06. The minimum absolute atomic E-state index is 0.0554. The molecule has 142 valence electrons. The zero-order valence-corrected chi connectivity index (χ0v) is 19.0. The third-order valence-electron chi connectivity index (χ3n) is 3.59. The maximum absolute atomic E-state index is 11.4. The highest BCUT2D eigenvalue weighted by Gasteiger charge is 2.03. The molecule has 0 aliphatic heterocycles. The fourth-order valence-corrected chi connectivity index (χ4v) is 3.23. The molecule has 0 aliphatic carbocycles. The third-order valence-corrected chi connectivity index (χ3v) is 5.12. The molecule has 0 N–H and O–H groups in total. The lowest BCUT2D eigenvalue weighted by atomic mass is 10.1. The molecular weight excluding hydrogens is 534 g/mol. The summed E-state index contributed by atoms with van der Waals surface area (Å²) in [5.74, 6) is -0.111. The molecule has 0 spiro atoms. The molecule has 0 aromatic carbocycles. The fraction of sp³-hybridized carbons (Fsp3) is 0.889. The van der Waals surface area contributed by atoms with Crippen molar-refractivity contribution in [1.82, 2.24) is 0 Å². The van der Waals surface area contributed by atoms with E-state index >= 15 is 0 Å². The maximum atomic E-state index is 11.4. The first-order chi connectivity index (χ1) is 11.7. The predicted octanol–water partition coefficient (Wildman–Crippen LogP) is 5.62. The highest BCUT2D eigenvalue weighted by molar-refractivity contribution is 14.1. The molecule has 0 fully saturated rings. The van der Waals surface area contributed by atoms with Gasteiger partial charge in [0.15, 0.2) is 0 Å². The Morgan fingerprint density at radius 3 is 1.29 bits per heavy atom. The number of alkyl halides is 2. The molecule has 0 bridgehead atoms. The topological polar surface area (TPSA) is 52.6 Å². The first kappa shape index (κ1) is 24.4. The Balaban J connectivity index is 3.20. The molecule has 0 saturated heterocycles. The van der Waals surface area contributed by atoms with Crippen molar-refractivity contribution < 1.29 is 19.1 Å². The van der Waals surface area contributed by atoms with Gasteiger partial charge in [0.25, 0.3) is 0 Å². The largest absolute Gasteiger partial charge is 0.466 e. The van der Waals surface area contributed by atoms with Crippen molar-refractivity contribution in [2.24, 2.45) is 0 Å². The number of esters is 2. The summed E-state index contributed by atoms with van der Waals surface area (Å²) in [6.45, 7) is 1.11. The Morgan fingerprint density at radius 1 is 0.542 bits per heavy atom. The Kier molecular flexibility index (Phi) is 20.0. The summed E-state index contributed by atoms with van der Waals surface area (Å²) in [5.41, 5.74) is 0. The SMILES string of the molecule is O=C(CCCCI)OCCCCCCCCOC(=O)CCCCI. The number of unbranched alkanes of at least 4 members (excludes halogenated alkanes) is 7. The molecule has 0 radical (unpaired) electrons. The van der Waals surface area contributed by atoms with Crippen molar-refractivity contribution in [2.45, 2.75) is 77.0 Å². The smallest absolute Gasteiger partial charge is 0.305 e. The summed E-state index contributed by atoms with van der Waals surface area (Å²) in [6.07, 6.45) is 11.5. The number of carbonyl (C=O) groups excluding carboxylic acids is 2. The number of hydrogen-bond acceptors (Lipinski definition) is 4. The zero-order chi connectivity index (χ0) is 17.9. The average molecular weight is 566 g/mol. The van der Waals surface area contributed by atoms with Crippen LogP contribution in [0, 0.1) is 0 Å². The highest BCUT2D eigenvalue weighted by atomic mass is 127. The summed E-state index contributed by atoms with van der Waals surface area (Å²) >= 11 is 4.65. The van der Waals surface area contributed by atoms with Crippen molar-refractivity contribution in [2.75, 3.05) is 22.1 Å². The summed E-state index contributed by atoms with van der Waals surface area (Å²) in [5, 5.41) is 0. The van der Waals surface area contributed by atoms with Crippen LogP contribution in [0.5, 0.6) is 0 Å².